The predicted octanol–water partition coefficient (Wildman–Crippen LogP) is 6.84. The first-order valence-corrected chi connectivity index (χ1v) is 14.8. The summed E-state index contributed by atoms with van der Waals surface area (Å²) >= 11 is 6.33. The van der Waals surface area contributed by atoms with Crippen LogP contribution in [0.2, 0.25) is 5.02 Å². The van der Waals surface area contributed by atoms with Gasteiger partial charge in [-0.15, -0.1) is 0 Å². The summed E-state index contributed by atoms with van der Waals surface area (Å²) < 4.78 is 27.7. The molecule has 11 heteroatoms. The largest absolute Gasteiger partial charge is 0.496 e. The number of methoxy groups -OCH3 is 3. The average molecular weight is 646 g/mol. The van der Waals surface area contributed by atoms with Gasteiger partial charge in [0, 0.05) is 42.0 Å². The number of halogens is 1. The molecule has 0 fully saturated rings. The van der Waals surface area contributed by atoms with Gasteiger partial charge in [-0.3, -0.25) is 14.4 Å². The number of carbonyl (C=O) groups excluding carboxylic acids is 2. The van der Waals surface area contributed by atoms with Crippen LogP contribution in [0.3, 0.4) is 0 Å². The highest BCUT2D eigenvalue weighted by molar-refractivity contribution is 6.35. The Hall–Kier alpha value is -5.09. The predicted molar refractivity (Wildman–Crippen MR) is 169 cm³/mol. The van der Waals surface area contributed by atoms with Crippen molar-refractivity contribution in [2.45, 2.75) is 31.8 Å². The van der Waals surface area contributed by atoms with Crippen LogP contribution in [0, 0.1) is 5.92 Å². The first kappa shape index (κ1) is 32.3. The number of ether oxygens (including phenoxy) is 4. The molecule has 3 aromatic carbocycles. The first-order valence-electron chi connectivity index (χ1n) is 14.4. The molecular formula is C35H32ClNO9. The number of carboxylic acids is 1. The van der Waals surface area contributed by atoms with E-state index in [1.54, 1.807) is 6.92 Å². The molecule has 0 bridgehead atoms. The molecular weight excluding hydrogens is 614 g/mol. The number of oxazole rings is 1. The molecule has 1 aliphatic carbocycles. The lowest BCUT2D eigenvalue weighted by Crippen LogP contribution is -2.51. The monoisotopic (exact) mass is 645 g/mol. The van der Waals surface area contributed by atoms with Gasteiger partial charge in [-0.2, -0.15) is 0 Å². The van der Waals surface area contributed by atoms with Gasteiger partial charge in [0.1, 0.15) is 27.8 Å². The molecule has 0 saturated heterocycles. The van der Waals surface area contributed by atoms with Gasteiger partial charge in [-0.25, -0.2) is 4.98 Å². The molecule has 6 rings (SSSR count). The Morgan fingerprint density at radius 3 is 2.20 bits per heavy atom. The standard InChI is InChI=1S/C18H15NO3.C17H17ClO6/c20-16(21)12-11-15-19-17(13-7-3-1-4-8-13)18(22-15)14-9-5-2-6-10-14;1-8-5-9(19)6-12(23-4)17(8)16(20)13-10(21-2)7-11(22-3)14(18)15(13)24-17/h1-10H,11-12H2,(H,20,21);6-8H,5H2,1-4H3/t;8-,17+/m.1/s1. The van der Waals surface area contributed by atoms with Gasteiger partial charge in [0.05, 0.1) is 27.8 Å². The Labute approximate surface area is 270 Å². The second kappa shape index (κ2) is 13.5. The summed E-state index contributed by atoms with van der Waals surface area (Å²) in [6.07, 6.45) is 1.76. The van der Waals surface area contributed by atoms with E-state index >= 15 is 0 Å². The van der Waals surface area contributed by atoms with Gasteiger partial charge in [0.2, 0.25) is 11.4 Å². The van der Waals surface area contributed by atoms with Crippen molar-refractivity contribution in [3.63, 3.8) is 0 Å². The van der Waals surface area contributed by atoms with Gasteiger partial charge in [-0.1, -0.05) is 79.2 Å². The summed E-state index contributed by atoms with van der Waals surface area (Å²) in [7, 11) is 4.31. The molecule has 2 heterocycles. The second-order valence-corrected chi connectivity index (χ2v) is 11.0. The third-order valence-corrected chi connectivity index (χ3v) is 8.16. The fraction of sp³-hybridized carbons (Fsp3) is 0.257. The van der Waals surface area contributed by atoms with Crippen molar-refractivity contribution >= 4 is 29.1 Å². The summed E-state index contributed by atoms with van der Waals surface area (Å²) in [5.41, 5.74) is 1.43. The molecule has 2 atom stereocenters. The normalized spacial score (nSPS) is 18.2. The zero-order valence-corrected chi connectivity index (χ0v) is 26.4. The minimum absolute atomic E-state index is 0.00295. The van der Waals surface area contributed by atoms with Crippen LogP contribution in [0.4, 0.5) is 0 Å². The molecule has 46 heavy (non-hydrogen) atoms. The van der Waals surface area contributed by atoms with Crippen LogP contribution in [0.1, 0.15) is 36.0 Å². The summed E-state index contributed by atoms with van der Waals surface area (Å²) in [5.74, 6) is 0.364. The third kappa shape index (κ3) is 5.95. The quantitative estimate of drug-likeness (QED) is 0.217. The number of aromatic nitrogens is 1. The first-order chi connectivity index (χ1) is 22.1. The van der Waals surface area contributed by atoms with E-state index in [0.717, 1.165) is 16.8 Å². The van der Waals surface area contributed by atoms with Crippen molar-refractivity contribution in [1.29, 1.82) is 0 Å². The summed E-state index contributed by atoms with van der Waals surface area (Å²) in [4.78, 5) is 40.3. The second-order valence-electron chi connectivity index (χ2n) is 10.7. The molecule has 1 aliphatic heterocycles. The van der Waals surface area contributed by atoms with Crippen molar-refractivity contribution in [3.8, 4) is 39.8 Å². The van der Waals surface area contributed by atoms with E-state index in [-0.39, 0.29) is 52.9 Å². The van der Waals surface area contributed by atoms with Crippen molar-refractivity contribution in [3.05, 3.63) is 95.0 Å². The van der Waals surface area contributed by atoms with Crippen LogP contribution < -0.4 is 14.2 Å². The van der Waals surface area contributed by atoms with Crippen molar-refractivity contribution in [2.24, 2.45) is 5.92 Å². The molecule has 10 nitrogen and oxygen atoms in total. The lowest BCUT2D eigenvalue weighted by molar-refractivity contribution is -0.137. The van der Waals surface area contributed by atoms with E-state index in [9.17, 15) is 14.4 Å². The summed E-state index contributed by atoms with van der Waals surface area (Å²) in [5, 5.41) is 8.99. The van der Waals surface area contributed by atoms with E-state index in [1.165, 1.54) is 33.5 Å². The number of benzene rings is 3. The van der Waals surface area contributed by atoms with Gasteiger partial charge >= 0.3 is 5.97 Å². The van der Waals surface area contributed by atoms with Gasteiger partial charge in [0.25, 0.3) is 0 Å². The van der Waals surface area contributed by atoms with E-state index in [2.05, 4.69) is 4.98 Å². The fourth-order valence-corrected chi connectivity index (χ4v) is 5.83. The number of ketones is 2. The number of aryl methyl sites for hydroxylation is 1. The molecule has 2 aliphatic rings. The Balaban J connectivity index is 0.000000182. The van der Waals surface area contributed by atoms with Crippen LogP contribution >= 0.6 is 11.6 Å². The van der Waals surface area contributed by atoms with Crippen LogP contribution in [0.5, 0.6) is 17.2 Å². The maximum Gasteiger partial charge on any atom is 0.303 e. The lowest BCUT2D eigenvalue weighted by atomic mass is 9.75. The lowest BCUT2D eigenvalue weighted by Gasteiger charge is -2.36. The number of nitrogens with zero attached hydrogens (tertiary/aromatic N) is 1. The topological polar surface area (TPSA) is 134 Å². The Kier molecular flexibility index (Phi) is 9.48. The number of carboxylic acid groups (broad SMARTS) is 1. The number of hydrogen-bond acceptors (Lipinski definition) is 9. The highest BCUT2D eigenvalue weighted by atomic mass is 35.5. The van der Waals surface area contributed by atoms with E-state index in [1.807, 2.05) is 60.7 Å². The van der Waals surface area contributed by atoms with Crippen molar-refractivity contribution in [2.75, 3.05) is 21.3 Å². The van der Waals surface area contributed by atoms with E-state index < -0.39 is 17.5 Å². The molecule has 0 saturated carbocycles. The van der Waals surface area contributed by atoms with Crippen LogP contribution in [-0.2, 0) is 20.7 Å². The number of Topliss-reactive ketones (excluding diaryl/α,β-unsaturated/α-hetero) is 1. The number of allylic oxidation sites excluding steroid dienone is 1. The zero-order valence-electron chi connectivity index (χ0n) is 25.7. The summed E-state index contributed by atoms with van der Waals surface area (Å²) in [6, 6.07) is 21.0. The molecule has 238 valence electrons. The average Bonchev–Trinajstić information content (AvgIpc) is 3.64. The van der Waals surface area contributed by atoms with Crippen molar-refractivity contribution in [1.82, 2.24) is 4.98 Å². The molecule has 0 amide bonds. The Bertz CT molecular complexity index is 1740. The zero-order chi connectivity index (χ0) is 33.0. The third-order valence-electron chi connectivity index (χ3n) is 7.81. The van der Waals surface area contributed by atoms with Gasteiger partial charge in [-0.05, 0) is 0 Å². The molecule has 4 aromatic rings. The van der Waals surface area contributed by atoms with Gasteiger partial charge < -0.3 is 28.5 Å². The SMILES string of the molecule is COC1=CC(=O)C[C@@H](C)[C@]12Oc1c(Cl)c(OC)cc(OC)c1C2=O.O=C(O)CCc1nc(-c2ccccc2)c(-c2ccccc2)o1. The maximum absolute atomic E-state index is 13.3. The minimum Gasteiger partial charge on any atom is -0.496 e. The Morgan fingerprint density at radius 1 is 0.978 bits per heavy atom. The Morgan fingerprint density at radius 2 is 1.61 bits per heavy atom. The number of carbonyl (C=O) groups is 3. The number of hydrogen-bond donors (Lipinski definition) is 1. The molecule has 1 aromatic heterocycles. The van der Waals surface area contributed by atoms with E-state index in [4.69, 9.17) is 40.1 Å². The molecule has 1 N–H and O–H groups in total. The van der Waals surface area contributed by atoms with Crippen LogP contribution in [0.25, 0.3) is 22.6 Å². The van der Waals surface area contributed by atoms with Gasteiger partial charge in [0.15, 0.2) is 28.9 Å². The minimum atomic E-state index is -1.42. The highest BCUT2D eigenvalue weighted by Gasteiger charge is 2.59. The summed E-state index contributed by atoms with van der Waals surface area (Å²) in [6.45, 7) is 1.77. The number of rotatable bonds is 8. The fourth-order valence-electron chi connectivity index (χ4n) is 5.56. The molecule has 1 spiro atoms. The molecule has 0 unspecified atom stereocenters. The highest BCUT2D eigenvalue weighted by Crippen LogP contribution is 2.54. The maximum atomic E-state index is 13.3. The number of fused-ring (bicyclic) bond motifs is 1. The number of aliphatic carboxylic acids is 1. The smallest absolute Gasteiger partial charge is 0.303 e. The molecule has 0 radical (unpaired) electrons. The van der Waals surface area contributed by atoms with E-state index in [0.29, 0.717) is 23.1 Å². The van der Waals surface area contributed by atoms with Crippen molar-refractivity contribution < 1.29 is 42.9 Å². The van der Waals surface area contributed by atoms with Crippen LogP contribution in [0.15, 0.2) is 83.0 Å². The van der Waals surface area contributed by atoms with Crippen LogP contribution in [-0.4, -0.2) is 54.6 Å².